The van der Waals surface area contributed by atoms with Gasteiger partial charge in [-0.1, -0.05) is 19.9 Å². The third-order valence-corrected chi connectivity index (χ3v) is 9.00. The Balaban J connectivity index is 2.27. The summed E-state index contributed by atoms with van der Waals surface area (Å²) >= 11 is 0. The molecule has 0 aliphatic heterocycles. The normalized spacial score (nSPS) is 13.4. The highest BCUT2D eigenvalue weighted by molar-refractivity contribution is 5.78. The molecule has 0 aromatic heterocycles. The van der Waals surface area contributed by atoms with Gasteiger partial charge in [0.25, 0.3) is 0 Å². The summed E-state index contributed by atoms with van der Waals surface area (Å²) in [5.74, 6) is 0.0146. The Bertz CT molecular complexity index is 1180. The number of aliphatic hydroxyl groups is 1. The standard InChI is InChI=1S/C41H73N3O8/c1-11-34(16-13-14-24-42-36(46)21-25-50-41(9,10)23-27-51-40(7,8)22-26-49-12-2)44-37(47)17-15-18-38(48)52-35-20-19-32(28-33(35)30-45)31(3)29-43-39(4,5)6/h19-20,28,31,34,43,45H,11-18,21-27,29-30H2,1-10H3,(H,42,46)(H,44,47). The zero-order chi connectivity index (χ0) is 39.2. The lowest BCUT2D eigenvalue weighted by Gasteiger charge is -2.29. The van der Waals surface area contributed by atoms with Crippen molar-refractivity contribution >= 4 is 17.8 Å². The van der Waals surface area contributed by atoms with Crippen molar-refractivity contribution in [1.82, 2.24) is 16.0 Å². The quantitative estimate of drug-likeness (QED) is 0.0419. The van der Waals surface area contributed by atoms with E-state index in [9.17, 15) is 19.5 Å². The molecule has 0 saturated heterocycles. The highest BCUT2D eigenvalue weighted by Crippen LogP contribution is 2.26. The summed E-state index contributed by atoms with van der Waals surface area (Å²) < 4.78 is 23.0. The van der Waals surface area contributed by atoms with Gasteiger partial charge in [-0.15, -0.1) is 0 Å². The van der Waals surface area contributed by atoms with Crippen LogP contribution >= 0.6 is 0 Å². The number of carbonyl (C=O) groups excluding carboxylic acids is 3. The fourth-order valence-corrected chi connectivity index (χ4v) is 5.38. The molecule has 1 aromatic carbocycles. The van der Waals surface area contributed by atoms with Gasteiger partial charge in [0, 0.05) is 62.7 Å². The minimum atomic E-state index is -0.430. The first kappa shape index (κ1) is 47.5. The molecule has 2 amide bonds. The first-order valence-electron chi connectivity index (χ1n) is 19.5. The lowest BCUT2D eigenvalue weighted by atomic mass is 9.97. The summed E-state index contributed by atoms with van der Waals surface area (Å²) in [5, 5.41) is 19.4. The number of hydrogen-bond acceptors (Lipinski definition) is 9. The zero-order valence-electron chi connectivity index (χ0n) is 34.2. The van der Waals surface area contributed by atoms with E-state index in [0.717, 1.165) is 50.6 Å². The molecule has 2 unspecified atom stereocenters. The van der Waals surface area contributed by atoms with Gasteiger partial charge < -0.3 is 40.0 Å². The number of unbranched alkanes of at least 4 members (excludes halogenated alkanes) is 1. The minimum Gasteiger partial charge on any atom is -0.426 e. The van der Waals surface area contributed by atoms with Crippen molar-refractivity contribution in [2.75, 3.05) is 39.5 Å². The van der Waals surface area contributed by atoms with Crippen LogP contribution in [0.15, 0.2) is 18.2 Å². The first-order valence-corrected chi connectivity index (χ1v) is 19.5. The van der Waals surface area contributed by atoms with E-state index < -0.39 is 5.97 Å². The molecule has 2 atom stereocenters. The van der Waals surface area contributed by atoms with Crippen molar-refractivity contribution in [3.63, 3.8) is 0 Å². The molecule has 0 bridgehead atoms. The summed E-state index contributed by atoms with van der Waals surface area (Å²) in [6.07, 6.45) is 5.86. The summed E-state index contributed by atoms with van der Waals surface area (Å²) in [4.78, 5) is 37.5. The van der Waals surface area contributed by atoms with Gasteiger partial charge >= 0.3 is 5.97 Å². The van der Waals surface area contributed by atoms with Crippen LogP contribution in [0.2, 0.25) is 0 Å². The zero-order valence-corrected chi connectivity index (χ0v) is 34.2. The molecule has 1 aromatic rings. The number of carbonyl (C=O) groups is 3. The maximum Gasteiger partial charge on any atom is 0.311 e. The lowest BCUT2D eigenvalue weighted by Crippen LogP contribution is -2.38. The monoisotopic (exact) mass is 736 g/mol. The summed E-state index contributed by atoms with van der Waals surface area (Å²) in [6.45, 7) is 24.1. The predicted molar refractivity (Wildman–Crippen MR) is 208 cm³/mol. The van der Waals surface area contributed by atoms with Crippen LogP contribution in [0.1, 0.15) is 150 Å². The number of rotatable bonds is 28. The van der Waals surface area contributed by atoms with Crippen LogP contribution in [0.25, 0.3) is 0 Å². The van der Waals surface area contributed by atoms with Crippen molar-refractivity contribution in [3.8, 4) is 5.75 Å². The largest absolute Gasteiger partial charge is 0.426 e. The summed E-state index contributed by atoms with van der Waals surface area (Å²) in [7, 11) is 0. The first-order chi connectivity index (χ1) is 24.4. The van der Waals surface area contributed by atoms with Crippen LogP contribution in [0, 0.1) is 0 Å². The van der Waals surface area contributed by atoms with Gasteiger partial charge in [-0.05, 0) is 124 Å². The van der Waals surface area contributed by atoms with Crippen LogP contribution < -0.4 is 20.7 Å². The molecular weight excluding hydrogens is 662 g/mol. The van der Waals surface area contributed by atoms with Crippen LogP contribution in [-0.2, 0) is 35.2 Å². The van der Waals surface area contributed by atoms with Crippen LogP contribution in [0.5, 0.6) is 5.75 Å². The molecule has 0 spiro atoms. The molecule has 11 heteroatoms. The van der Waals surface area contributed by atoms with E-state index in [4.69, 9.17) is 18.9 Å². The van der Waals surface area contributed by atoms with Crippen molar-refractivity contribution in [2.45, 2.75) is 169 Å². The van der Waals surface area contributed by atoms with Crippen molar-refractivity contribution in [1.29, 1.82) is 0 Å². The van der Waals surface area contributed by atoms with Crippen LogP contribution in [-0.4, -0.2) is 85.2 Å². The van der Waals surface area contributed by atoms with Crippen molar-refractivity contribution in [3.05, 3.63) is 29.3 Å². The Morgan fingerprint density at radius 2 is 1.50 bits per heavy atom. The van der Waals surface area contributed by atoms with E-state index in [2.05, 4.69) is 57.5 Å². The van der Waals surface area contributed by atoms with E-state index >= 15 is 0 Å². The Kier molecular flexibility index (Phi) is 22.5. The Labute approximate surface area is 315 Å². The molecule has 1 rings (SSSR count). The number of amides is 2. The number of benzene rings is 1. The third-order valence-electron chi connectivity index (χ3n) is 9.00. The molecule has 52 heavy (non-hydrogen) atoms. The van der Waals surface area contributed by atoms with E-state index in [1.807, 2.05) is 39.8 Å². The average molecular weight is 736 g/mol. The predicted octanol–water partition coefficient (Wildman–Crippen LogP) is 6.72. The third kappa shape index (κ3) is 22.5. The molecular formula is C41H73N3O8. The number of esters is 1. The second-order valence-corrected chi connectivity index (χ2v) is 16.1. The van der Waals surface area contributed by atoms with E-state index in [-0.39, 0.29) is 60.0 Å². The Hall–Kier alpha value is -2.57. The second-order valence-electron chi connectivity index (χ2n) is 16.1. The van der Waals surface area contributed by atoms with Gasteiger partial charge in [0.05, 0.1) is 31.0 Å². The summed E-state index contributed by atoms with van der Waals surface area (Å²) in [5.41, 5.74) is 0.985. The highest BCUT2D eigenvalue weighted by atomic mass is 16.5. The Morgan fingerprint density at radius 1 is 0.827 bits per heavy atom. The number of aliphatic hydroxyl groups excluding tert-OH is 1. The minimum absolute atomic E-state index is 0.00694. The molecule has 0 heterocycles. The molecule has 0 radical (unpaired) electrons. The maximum atomic E-state index is 12.6. The highest BCUT2D eigenvalue weighted by Gasteiger charge is 2.23. The Morgan fingerprint density at radius 3 is 2.13 bits per heavy atom. The fraction of sp³-hybridized carbons (Fsp3) is 0.780. The van der Waals surface area contributed by atoms with Crippen LogP contribution in [0.3, 0.4) is 0 Å². The smallest absolute Gasteiger partial charge is 0.311 e. The molecule has 0 aliphatic rings. The second kappa shape index (κ2) is 24.7. The molecule has 4 N–H and O–H groups in total. The fourth-order valence-electron chi connectivity index (χ4n) is 5.38. The molecule has 0 saturated carbocycles. The number of hydrogen-bond donors (Lipinski definition) is 4. The molecule has 11 nitrogen and oxygen atoms in total. The van der Waals surface area contributed by atoms with Gasteiger partial charge in [0.2, 0.25) is 11.8 Å². The van der Waals surface area contributed by atoms with Gasteiger partial charge in [-0.3, -0.25) is 14.4 Å². The maximum absolute atomic E-state index is 12.6. The van der Waals surface area contributed by atoms with Gasteiger partial charge in [-0.2, -0.15) is 0 Å². The number of ether oxygens (including phenoxy) is 4. The van der Waals surface area contributed by atoms with Crippen molar-refractivity contribution < 1.29 is 38.4 Å². The SMILES string of the molecule is CCOCCC(C)(C)OCCC(C)(C)OCCC(=O)NCCCCC(CC)NC(=O)CCCC(=O)Oc1ccc(C(C)CNC(C)(C)C)cc1CO. The average Bonchev–Trinajstić information content (AvgIpc) is 3.06. The van der Waals surface area contributed by atoms with Gasteiger partial charge in [0.15, 0.2) is 0 Å². The molecule has 300 valence electrons. The summed E-state index contributed by atoms with van der Waals surface area (Å²) in [6, 6.07) is 5.58. The lowest BCUT2D eigenvalue weighted by molar-refractivity contribution is -0.134. The molecule has 0 aliphatic carbocycles. The van der Waals surface area contributed by atoms with Crippen molar-refractivity contribution in [2.24, 2.45) is 0 Å². The van der Waals surface area contributed by atoms with E-state index in [1.54, 1.807) is 6.07 Å². The van der Waals surface area contributed by atoms with E-state index in [1.165, 1.54) is 0 Å². The van der Waals surface area contributed by atoms with Gasteiger partial charge in [0.1, 0.15) is 5.75 Å². The number of nitrogens with one attached hydrogen (secondary N) is 3. The molecule has 0 fully saturated rings. The van der Waals surface area contributed by atoms with Crippen LogP contribution in [0.4, 0.5) is 0 Å². The topological polar surface area (TPSA) is 144 Å². The van der Waals surface area contributed by atoms with E-state index in [0.29, 0.717) is 57.1 Å². The van der Waals surface area contributed by atoms with Gasteiger partial charge in [-0.25, -0.2) is 0 Å².